The predicted octanol–water partition coefficient (Wildman–Crippen LogP) is 0.917. The molecule has 0 bridgehead atoms. The molecule has 98 valence electrons. The SMILES string of the molecule is O=C1NC(C(=O)O)=C[C@@H](c2ccc([N+](=O)[O-])cc2)N1. The Labute approximate surface area is 106 Å². The van der Waals surface area contributed by atoms with E-state index in [-0.39, 0.29) is 11.4 Å². The van der Waals surface area contributed by atoms with Gasteiger partial charge in [-0.25, -0.2) is 9.59 Å². The van der Waals surface area contributed by atoms with Crippen molar-refractivity contribution in [2.75, 3.05) is 0 Å². The summed E-state index contributed by atoms with van der Waals surface area (Å²) in [6.45, 7) is 0. The molecule has 1 aliphatic heterocycles. The third kappa shape index (κ3) is 2.68. The normalized spacial score (nSPS) is 18.0. The van der Waals surface area contributed by atoms with Crippen LogP contribution in [-0.2, 0) is 4.79 Å². The first kappa shape index (κ1) is 12.6. The Hall–Kier alpha value is -2.90. The van der Waals surface area contributed by atoms with Gasteiger partial charge in [0.1, 0.15) is 5.70 Å². The van der Waals surface area contributed by atoms with Gasteiger partial charge in [-0.05, 0) is 23.8 Å². The number of benzene rings is 1. The lowest BCUT2D eigenvalue weighted by molar-refractivity contribution is -0.384. The van der Waals surface area contributed by atoms with E-state index in [2.05, 4.69) is 10.6 Å². The summed E-state index contributed by atoms with van der Waals surface area (Å²) in [5.41, 5.74) is 0.248. The molecule has 0 unspecified atom stereocenters. The van der Waals surface area contributed by atoms with Crippen LogP contribution < -0.4 is 10.6 Å². The molecule has 1 atom stereocenters. The average Bonchev–Trinajstić information content (AvgIpc) is 2.38. The number of hydrogen-bond donors (Lipinski definition) is 3. The highest BCUT2D eigenvalue weighted by Gasteiger charge is 2.23. The van der Waals surface area contributed by atoms with E-state index < -0.39 is 23.0 Å². The number of carbonyl (C=O) groups is 2. The molecule has 2 amide bonds. The van der Waals surface area contributed by atoms with Crippen LogP contribution >= 0.6 is 0 Å². The molecular formula is C11H9N3O5. The van der Waals surface area contributed by atoms with E-state index >= 15 is 0 Å². The first-order valence-electron chi connectivity index (χ1n) is 5.24. The number of aliphatic carboxylic acids is 1. The highest BCUT2D eigenvalue weighted by molar-refractivity contribution is 5.93. The van der Waals surface area contributed by atoms with Crippen molar-refractivity contribution in [3.8, 4) is 0 Å². The highest BCUT2D eigenvalue weighted by Crippen LogP contribution is 2.21. The lowest BCUT2D eigenvalue weighted by atomic mass is 10.0. The van der Waals surface area contributed by atoms with Gasteiger partial charge >= 0.3 is 12.0 Å². The monoisotopic (exact) mass is 263 g/mol. The molecule has 8 heteroatoms. The van der Waals surface area contributed by atoms with Gasteiger partial charge in [-0.15, -0.1) is 0 Å². The summed E-state index contributed by atoms with van der Waals surface area (Å²) in [4.78, 5) is 32.1. The van der Waals surface area contributed by atoms with Crippen LogP contribution in [0.3, 0.4) is 0 Å². The highest BCUT2D eigenvalue weighted by atomic mass is 16.6. The average molecular weight is 263 g/mol. The predicted molar refractivity (Wildman–Crippen MR) is 63.2 cm³/mol. The molecule has 0 saturated heterocycles. The number of carboxylic acids is 1. The molecule has 2 rings (SSSR count). The number of nitro groups is 1. The van der Waals surface area contributed by atoms with E-state index in [1.165, 1.54) is 30.3 Å². The maximum atomic E-state index is 11.3. The van der Waals surface area contributed by atoms with Crippen LogP contribution in [0.2, 0.25) is 0 Å². The molecule has 3 N–H and O–H groups in total. The Morgan fingerprint density at radius 3 is 2.47 bits per heavy atom. The van der Waals surface area contributed by atoms with Crippen LogP contribution in [-0.4, -0.2) is 22.0 Å². The van der Waals surface area contributed by atoms with Gasteiger partial charge in [0.2, 0.25) is 0 Å². The van der Waals surface area contributed by atoms with Crippen LogP contribution in [0.15, 0.2) is 36.0 Å². The largest absolute Gasteiger partial charge is 0.477 e. The van der Waals surface area contributed by atoms with E-state index in [4.69, 9.17) is 5.11 Å². The van der Waals surface area contributed by atoms with Crippen molar-refractivity contribution >= 4 is 17.7 Å². The Bertz CT molecular complexity index is 578. The number of nitro benzene ring substituents is 1. The van der Waals surface area contributed by atoms with Crippen LogP contribution in [0.25, 0.3) is 0 Å². The van der Waals surface area contributed by atoms with E-state index in [9.17, 15) is 19.7 Å². The molecule has 1 aliphatic rings. The minimum Gasteiger partial charge on any atom is -0.477 e. The summed E-state index contributed by atoms with van der Waals surface area (Å²) < 4.78 is 0. The smallest absolute Gasteiger partial charge is 0.352 e. The maximum absolute atomic E-state index is 11.3. The van der Waals surface area contributed by atoms with Crippen molar-refractivity contribution in [1.82, 2.24) is 10.6 Å². The summed E-state index contributed by atoms with van der Waals surface area (Å²) in [5, 5.41) is 24.0. The Balaban J connectivity index is 2.30. The lowest BCUT2D eigenvalue weighted by Crippen LogP contribution is -2.43. The number of non-ortho nitro benzene ring substituents is 1. The summed E-state index contributed by atoms with van der Waals surface area (Å²) in [5.74, 6) is -1.25. The molecular weight excluding hydrogens is 254 g/mol. The van der Waals surface area contributed by atoms with Crippen molar-refractivity contribution in [1.29, 1.82) is 0 Å². The number of rotatable bonds is 3. The van der Waals surface area contributed by atoms with Gasteiger partial charge in [-0.2, -0.15) is 0 Å². The van der Waals surface area contributed by atoms with Crippen LogP contribution in [0.1, 0.15) is 11.6 Å². The molecule has 0 saturated carbocycles. The van der Waals surface area contributed by atoms with Gasteiger partial charge in [0.15, 0.2) is 0 Å². The van der Waals surface area contributed by atoms with E-state index in [1.807, 2.05) is 0 Å². The van der Waals surface area contributed by atoms with Crippen molar-refractivity contribution in [3.63, 3.8) is 0 Å². The van der Waals surface area contributed by atoms with Crippen molar-refractivity contribution in [2.24, 2.45) is 0 Å². The summed E-state index contributed by atoms with van der Waals surface area (Å²) in [6.07, 6.45) is 1.32. The molecule has 0 aliphatic carbocycles. The molecule has 0 radical (unpaired) electrons. The first-order chi connectivity index (χ1) is 8.97. The van der Waals surface area contributed by atoms with Crippen LogP contribution in [0.4, 0.5) is 10.5 Å². The quantitative estimate of drug-likeness (QED) is 0.552. The third-order valence-electron chi connectivity index (χ3n) is 2.56. The minimum atomic E-state index is -1.25. The van der Waals surface area contributed by atoms with Gasteiger partial charge in [0.05, 0.1) is 11.0 Å². The minimum absolute atomic E-state index is 0.0774. The van der Waals surface area contributed by atoms with Crippen LogP contribution in [0, 0.1) is 10.1 Å². The van der Waals surface area contributed by atoms with Gasteiger partial charge in [-0.1, -0.05) is 0 Å². The molecule has 0 fully saturated rings. The topological polar surface area (TPSA) is 122 Å². The fraction of sp³-hybridized carbons (Fsp3) is 0.0909. The second kappa shape index (κ2) is 4.77. The van der Waals surface area contributed by atoms with Crippen molar-refractivity contribution in [3.05, 3.63) is 51.7 Å². The summed E-state index contributed by atoms with van der Waals surface area (Å²) in [7, 11) is 0. The number of hydrogen-bond acceptors (Lipinski definition) is 4. The first-order valence-corrected chi connectivity index (χ1v) is 5.24. The Morgan fingerprint density at radius 1 is 1.32 bits per heavy atom. The Morgan fingerprint density at radius 2 is 1.95 bits per heavy atom. The van der Waals surface area contributed by atoms with E-state index in [0.717, 1.165) is 0 Å². The van der Waals surface area contributed by atoms with Gasteiger partial charge < -0.3 is 15.7 Å². The standard InChI is InChI=1S/C11H9N3O5/c15-10(16)9-5-8(12-11(17)13-9)6-1-3-7(4-2-6)14(18)19/h1-5,8H,(H,15,16)(H2,12,13,17)/t8-/m0/s1. The number of carbonyl (C=O) groups excluding carboxylic acids is 1. The number of nitrogens with one attached hydrogen (secondary N) is 2. The fourth-order valence-electron chi connectivity index (χ4n) is 1.66. The molecule has 19 heavy (non-hydrogen) atoms. The molecule has 8 nitrogen and oxygen atoms in total. The maximum Gasteiger partial charge on any atom is 0.352 e. The zero-order chi connectivity index (χ0) is 14.0. The zero-order valence-electron chi connectivity index (χ0n) is 9.49. The molecule has 1 heterocycles. The Kier molecular flexibility index (Phi) is 3.15. The molecule has 1 aromatic rings. The lowest BCUT2D eigenvalue weighted by Gasteiger charge is -2.22. The summed E-state index contributed by atoms with van der Waals surface area (Å²) in [6, 6.07) is 4.23. The molecule has 1 aromatic carbocycles. The van der Waals surface area contributed by atoms with Crippen molar-refractivity contribution in [2.45, 2.75) is 6.04 Å². The van der Waals surface area contributed by atoms with E-state index in [0.29, 0.717) is 5.56 Å². The van der Waals surface area contributed by atoms with Gasteiger partial charge in [0.25, 0.3) is 5.69 Å². The zero-order valence-corrected chi connectivity index (χ0v) is 9.49. The van der Waals surface area contributed by atoms with Gasteiger partial charge in [0, 0.05) is 12.1 Å². The van der Waals surface area contributed by atoms with Crippen LogP contribution in [0.5, 0.6) is 0 Å². The second-order valence-corrected chi connectivity index (χ2v) is 3.81. The van der Waals surface area contributed by atoms with Crippen molar-refractivity contribution < 1.29 is 19.6 Å². The number of nitrogens with zero attached hydrogens (tertiary/aromatic N) is 1. The number of carboxylic acid groups (broad SMARTS) is 1. The number of urea groups is 1. The second-order valence-electron chi connectivity index (χ2n) is 3.81. The molecule has 0 spiro atoms. The fourth-order valence-corrected chi connectivity index (χ4v) is 1.66. The van der Waals surface area contributed by atoms with Gasteiger partial charge in [-0.3, -0.25) is 10.1 Å². The number of amides is 2. The third-order valence-corrected chi connectivity index (χ3v) is 2.56. The van der Waals surface area contributed by atoms with E-state index in [1.54, 1.807) is 0 Å². The summed E-state index contributed by atoms with van der Waals surface area (Å²) >= 11 is 0. The molecule has 0 aromatic heterocycles.